The average molecular weight is 348 g/mol. The summed E-state index contributed by atoms with van der Waals surface area (Å²) in [4.78, 5) is 2.43. The fourth-order valence-electron chi connectivity index (χ4n) is 2.76. The highest BCUT2D eigenvalue weighted by molar-refractivity contribution is 8.76. The second kappa shape index (κ2) is 6.30. The average Bonchev–Trinajstić information content (AvgIpc) is 2.60. The SMILES string of the molecule is Nc1ccc2cccc(SSc3cccc4ccc(N)cc34)c2c1. The number of hydrogen-bond acceptors (Lipinski definition) is 4. The minimum absolute atomic E-state index is 0.790. The lowest BCUT2D eigenvalue weighted by atomic mass is 10.1. The van der Waals surface area contributed by atoms with Crippen molar-refractivity contribution >= 4 is 54.5 Å². The molecule has 0 unspecified atom stereocenters. The van der Waals surface area contributed by atoms with Crippen LogP contribution in [0, 0.1) is 0 Å². The van der Waals surface area contributed by atoms with Crippen molar-refractivity contribution in [3.05, 3.63) is 72.8 Å². The molecule has 118 valence electrons. The van der Waals surface area contributed by atoms with Gasteiger partial charge in [0, 0.05) is 21.2 Å². The van der Waals surface area contributed by atoms with Crippen LogP contribution in [0.15, 0.2) is 82.6 Å². The molecule has 0 aromatic heterocycles. The molecule has 0 heterocycles. The molecule has 0 radical (unpaired) electrons. The molecule has 0 amide bonds. The molecule has 4 aromatic carbocycles. The molecule has 24 heavy (non-hydrogen) atoms. The van der Waals surface area contributed by atoms with Gasteiger partial charge in [-0.2, -0.15) is 0 Å². The van der Waals surface area contributed by atoms with Crippen LogP contribution in [0.3, 0.4) is 0 Å². The van der Waals surface area contributed by atoms with E-state index >= 15 is 0 Å². The fraction of sp³-hybridized carbons (Fsp3) is 0. The summed E-state index contributed by atoms with van der Waals surface area (Å²) >= 11 is 0. The van der Waals surface area contributed by atoms with Crippen molar-refractivity contribution in [1.29, 1.82) is 0 Å². The van der Waals surface area contributed by atoms with Gasteiger partial charge in [0.05, 0.1) is 0 Å². The van der Waals surface area contributed by atoms with Crippen molar-refractivity contribution in [1.82, 2.24) is 0 Å². The van der Waals surface area contributed by atoms with Crippen LogP contribution in [-0.4, -0.2) is 0 Å². The zero-order chi connectivity index (χ0) is 16.5. The first kappa shape index (κ1) is 15.2. The molecule has 4 heteroatoms. The van der Waals surface area contributed by atoms with Crippen LogP contribution in [0.5, 0.6) is 0 Å². The standard InChI is InChI=1S/C20H16N2S2/c21-15-9-7-13-3-1-5-19(17(13)11-15)23-24-20-6-2-4-14-8-10-16(22)12-18(14)20/h1-12H,21-22H2. The Morgan fingerprint density at radius 1 is 0.542 bits per heavy atom. The van der Waals surface area contributed by atoms with E-state index in [1.807, 2.05) is 24.3 Å². The second-order valence-corrected chi connectivity index (χ2v) is 7.85. The molecule has 4 N–H and O–H groups in total. The summed E-state index contributed by atoms with van der Waals surface area (Å²) in [7, 11) is 3.51. The quantitative estimate of drug-likeness (QED) is 0.354. The number of nitrogen functional groups attached to an aromatic ring is 2. The number of benzene rings is 4. The Morgan fingerprint density at radius 2 is 1.00 bits per heavy atom. The van der Waals surface area contributed by atoms with Crippen LogP contribution in [0.2, 0.25) is 0 Å². The zero-order valence-electron chi connectivity index (χ0n) is 12.9. The van der Waals surface area contributed by atoms with Gasteiger partial charge >= 0.3 is 0 Å². The molecular formula is C20H16N2S2. The van der Waals surface area contributed by atoms with Gasteiger partial charge in [-0.15, -0.1) is 0 Å². The highest BCUT2D eigenvalue weighted by Crippen LogP contribution is 2.43. The molecule has 0 spiro atoms. The number of fused-ring (bicyclic) bond motifs is 2. The molecule has 2 nitrogen and oxygen atoms in total. The molecule has 0 aliphatic carbocycles. The first-order valence-electron chi connectivity index (χ1n) is 7.62. The molecule has 0 aliphatic rings. The van der Waals surface area contributed by atoms with E-state index in [0.717, 1.165) is 11.4 Å². The van der Waals surface area contributed by atoms with Gasteiger partial charge in [0.25, 0.3) is 0 Å². The van der Waals surface area contributed by atoms with Gasteiger partial charge in [0.15, 0.2) is 0 Å². The molecule has 4 aromatic rings. The molecule has 4 rings (SSSR count). The Kier molecular flexibility index (Phi) is 4.00. The Labute approximate surface area is 148 Å². The lowest BCUT2D eigenvalue weighted by Gasteiger charge is -2.09. The second-order valence-electron chi connectivity index (χ2n) is 5.64. The van der Waals surface area contributed by atoms with Gasteiger partial charge in [0.2, 0.25) is 0 Å². The largest absolute Gasteiger partial charge is 0.399 e. The third-order valence-electron chi connectivity index (χ3n) is 3.95. The number of nitrogens with two attached hydrogens (primary N) is 2. The van der Waals surface area contributed by atoms with Gasteiger partial charge in [-0.05, 0) is 57.9 Å². The van der Waals surface area contributed by atoms with Crippen molar-refractivity contribution < 1.29 is 0 Å². The Hall–Kier alpha value is -2.30. The van der Waals surface area contributed by atoms with E-state index in [4.69, 9.17) is 11.5 Å². The van der Waals surface area contributed by atoms with Crippen LogP contribution in [-0.2, 0) is 0 Å². The summed E-state index contributed by atoms with van der Waals surface area (Å²) in [5, 5.41) is 4.79. The zero-order valence-corrected chi connectivity index (χ0v) is 14.5. The predicted octanol–water partition coefficient (Wildman–Crippen LogP) is 5.96. The van der Waals surface area contributed by atoms with Crippen LogP contribution in [0.1, 0.15) is 0 Å². The normalized spacial score (nSPS) is 11.2. The minimum Gasteiger partial charge on any atom is -0.399 e. The Balaban J connectivity index is 1.71. The monoisotopic (exact) mass is 348 g/mol. The van der Waals surface area contributed by atoms with E-state index in [9.17, 15) is 0 Å². The maximum atomic E-state index is 5.96. The highest BCUT2D eigenvalue weighted by Gasteiger charge is 2.06. The minimum atomic E-state index is 0.790. The molecule has 0 bridgehead atoms. The van der Waals surface area contributed by atoms with E-state index in [1.165, 1.54) is 31.3 Å². The summed E-state index contributed by atoms with van der Waals surface area (Å²) in [6, 6.07) is 24.8. The summed E-state index contributed by atoms with van der Waals surface area (Å²) < 4.78 is 0. The molecule has 0 saturated heterocycles. The third kappa shape index (κ3) is 2.90. The van der Waals surface area contributed by atoms with Crippen molar-refractivity contribution in [2.75, 3.05) is 11.5 Å². The summed E-state index contributed by atoms with van der Waals surface area (Å²) in [5.41, 5.74) is 13.5. The number of rotatable bonds is 3. The van der Waals surface area contributed by atoms with Gasteiger partial charge in [0.1, 0.15) is 0 Å². The van der Waals surface area contributed by atoms with E-state index in [1.54, 1.807) is 21.6 Å². The molecule has 0 atom stereocenters. The number of anilines is 2. The van der Waals surface area contributed by atoms with Gasteiger partial charge in [-0.1, -0.05) is 58.0 Å². The fourth-order valence-corrected chi connectivity index (χ4v) is 5.15. The van der Waals surface area contributed by atoms with E-state index < -0.39 is 0 Å². The van der Waals surface area contributed by atoms with Crippen LogP contribution < -0.4 is 11.5 Å². The van der Waals surface area contributed by atoms with Crippen molar-refractivity contribution in [2.45, 2.75) is 9.79 Å². The van der Waals surface area contributed by atoms with Crippen LogP contribution in [0.25, 0.3) is 21.5 Å². The van der Waals surface area contributed by atoms with E-state index in [0.29, 0.717) is 0 Å². The third-order valence-corrected chi connectivity index (χ3v) is 6.44. The van der Waals surface area contributed by atoms with Gasteiger partial charge in [-0.3, -0.25) is 0 Å². The van der Waals surface area contributed by atoms with E-state index in [-0.39, 0.29) is 0 Å². The molecule has 0 aliphatic heterocycles. The topological polar surface area (TPSA) is 52.0 Å². The number of hydrogen-bond donors (Lipinski definition) is 2. The lowest BCUT2D eigenvalue weighted by molar-refractivity contribution is 1.55. The smallest absolute Gasteiger partial charge is 0.0320 e. The predicted molar refractivity (Wildman–Crippen MR) is 108 cm³/mol. The van der Waals surface area contributed by atoms with Crippen molar-refractivity contribution in [2.24, 2.45) is 0 Å². The van der Waals surface area contributed by atoms with E-state index in [2.05, 4.69) is 48.5 Å². The van der Waals surface area contributed by atoms with Crippen LogP contribution >= 0.6 is 21.6 Å². The molecule has 0 saturated carbocycles. The summed E-state index contributed by atoms with van der Waals surface area (Å²) in [5.74, 6) is 0. The molecule has 0 fully saturated rings. The Bertz CT molecular complexity index is 959. The Morgan fingerprint density at radius 3 is 1.46 bits per heavy atom. The van der Waals surface area contributed by atoms with Crippen molar-refractivity contribution in [3.8, 4) is 0 Å². The van der Waals surface area contributed by atoms with Gasteiger partial charge in [-0.25, -0.2) is 0 Å². The first-order chi connectivity index (χ1) is 11.7. The van der Waals surface area contributed by atoms with Crippen LogP contribution in [0.4, 0.5) is 11.4 Å². The lowest BCUT2D eigenvalue weighted by Crippen LogP contribution is -1.85. The summed E-state index contributed by atoms with van der Waals surface area (Å²) in [6.07, 6.45) is 0. The maximum Gasteiger partial charge on any atom is 0.0320 e. The first-order valence-corrected chi connectivity index (χ1v) is 9.77. The molecular weight excluding hydrogens is 332 g/mol. The summed E-state index contributed by atoms with van der Waals surface area (Å²) in [6.45, 7) is 0. The maximum absolute atomic E-state index is 5.96. The highest BCUT2D eigenvalue weighted by atomic mass is 33.1. The van der Waals surface area contributed by atoms with Crippen molar-refractivity contribution in [3.63, 3.8) is 0 Å². The van der Waals surface area contributed by atoms with Gasteiger partial charge < -0.3 is 11.5 Å².